The number of aliphatic hydroxyl groups is 1. The minimum absolute atomic E-state index is 0.103. The Balaban J connectivity index is 5.16. The summed E-state index contributed by atoms with van der Waals surface area (Å²) in [5, 5.41) is 10.6. The zero-order valence-electron chi connectivity index (χ0n) is 61.1. The lowest BCUT2D eigenvalue weighted by Crippen LogP contribution is -2.30. The Morgan fingerprint density at radius 2 is 0.511 bits per heavy atom. The second kappa shape index (κ2) is 68.2. The minimum Gasteiger partial charge on any atom is -0.462 e. The summed E-state index contributed by atoms with van der Waals surface area (Å²) in [4.78, 5) is 72.6. The molecule has 558 valence electrons. The van der Waals surface area contributed by atoms with Crippen LogP contribution in [-0.2, 0) is 65.4 Å². The molecule has 3 N–H and O–H groups in total. The van der Waals surface area contributed by atoms with Crippen molar-refractivity contribution >= 4 is 39.5 Å². The number of hydrogen-bond donors (Lipinski definition) is 3. The number of aliphatic hydroxyl groups excluding tert-OH is 1. The van der Waals surface area contributed by atoms with Crippen LogP contribution in [0.2, 0.25) is 0 Å². The highest BCUT2D eigenvalue weighted by Crippen LogP contribution is 2.45. The lowest BCUT2D eigenvalue weighted by atomic mass is 10.00. The predicted molar refractivity (Wildman–Crippen MR) is 382 cm³/mol. The standard InChI is InChI=1S/C75H146O17P2/c1-6-10-13-16-19-21-23-25-27-29-30-31-33-35-37-39-41-44-50-55-60-74(79)91-70(65-86-73(78)59-54-49-43-40-38-36-34-32-28-26-24-22-20-17-14-11-7-2)66-89-93(81,82)87-62-69(76)63-88-94(83,84)90-67-71(64-85-72(77)58-53-48-42-18-15-12-8-3)92-75(80)61-56-51-46-45-47-52-57-68(5)9-4/h68-71,76H,6-67H2,1-5H3,(H,81,82)(H,83,84)/t68?,69-,70-,71-/m1/s1. The van der Waals surface area contributed by atoms with E-state index >= 15 is 0 Å². The Morgan fingerprint density at radius 3 is 0.755 bits per heavy atom. The first-order chi connectivity index (χ1) is 45.6. The smallest absolute Gasteiger partial charge is 0.462 e. The lowest BCUT2D eigenvalue weighted by Gasteiger charge is -2.21. The number of hydrogen-bond acceptors (Lipinski definition) is 15. The van der Waals surface area contributed by atoms with Gasteiger partial charge < -0.3 is 33.8 Å². The number of esters is 4. The van der Waals surface area contributed by atoms with Crippen molar-refractivity contribution in [2.45, 2.75) is 412 Å². The Labute approximate surface area is 575 Å². The summed E-state index contributed by atoms with van der Waals surface area (Å²) in [5.41, 5.74) is 0. The molecule has 0 saturated heterocycles. The summed E-state index contributed by atoms with van der Waals surface area (Å²) in [5.74, 6) is -1.40. The molecule has 17 nitrogen and oxygen atoms in total. The van der Waals surface area contributed by atoms with Gasteiger partial charge in [0.05, 0.1) is 26.4 Å². The van der Waals surface area contributed by atoms with Crippen LogP contribution < -0.4 is 0 Å². The van der Waals surface area contributed by atoms with Crippen LogP contribution in [0.4, 0.5) is 0 Å². The molecular weight excluding hydrogens is 1230 g/mol. The quantitative estimate of drug-likeness (QED) is 0.0222. The van der Waals surface area contributed by atoms with Gasteiger partial charge in [-0.25, -0.2) is 9.13 Å². The van der Waals surface area contributed by atoms with Gasteiger partial charge in [0.2, 0.25) is 0 Å². The molecule has 0 aromatic rings. The van der Waals surface area contributed by atoms with Crippen LogP contribution in [0.1, 0.15) is 394 Å². The van der Waals surface area contributed by atoms with Crippen LogP contribution in [0, 0.1) is 5.92 Å². The Hall–Kier alpha value is -1.94. The highest BCUT2D eigenvalue weighted by molar-refractivity contribution is 7.47. The molecule has 94 heavy (non-hydrogen) atoms. The fourth-order valence-corrected chi connectivity index (χ4v) is 13.1. The highest BCUT2D eigenvalue weighted by Gasteiger charge is 2.30. The molecule has 0 bridgehead atoms. The van der Waals surface area contributed by atoms with Crippen LogP contribution in [-0.4, -0.2) is 96.7 Å². The average molecular weight is 1380 g/mol. The number of carbonyl (C=O) groups is 4. The van der Waals surface area contributed by atoms with Gasteiger partial charge >= 0.3 is 39.5 Å². The van der Waals surface area contributed by atoms with Crippen LogP contribution in [0.5, 0.6) is 0 Å². The molecule has 19 heteroatoms. The molecule has 3 unspecified atom stereocenters. The van der Waals surface area contributed by atoms with Crippen LogP contribution in [0.3, 0.4) is 0 Å². The largest absolute Gasteiger partial charge is 0.472 e. The van der Waals surface area contributed by atoms with Crippen molar-refractivity contribution in [2.24, 2.45) is 5.92 Å². The molecule has 0 saturated carbocycles. The molecule has 0 aliphatic carbocycles. The van der Waals surface area contributed by atoms with E-state index in [0.29, 0.717) is 25.7 Å². The zero-order valence-corrected chi connectivity index (χ0v) is 62.9. The average Bonchev–Trinajstić information content (AvgIpc) is 1.27. The van der Waals surface area contributed by atoms with Crippen LogP contribution in [0.15, 0.2) is 0 Å². The van der Waals surface area contributed by atoms with Crippen molar-refractivity contribution < 1.29 is 80.2 Å². The molecule has 0 aromatic heterocycles. The van der Waals surface area contributed by atoms with Crippen LogP contribution >= 0.6 is 15.6 Å². The van der Waals surface area contributed by atoms with Crippen LogP contribution in [0.25, 0.3) is 0 Å². The Morgan fingerprint density at radius 1 is 0.298 bits per heavy atom. The van der Waals surface area contributed by atoms with Gasteiger partial charge in [-0.15, -0.1) is 0 Å². The number of rotatable bonds is 75. The molecule has 0 aliphatic rings. The SMILES string of the molecule is CCCCCCCCCCCCCCCCCCCCCCC(=O)O[C@H](COC(=O)CCCCCCCCCCCCCCCCCCC)COP(=O)(O)OC[C@@H](O)COP(=O)(O)OC[C@@H](COC(=O)CCCCCCCCC)OC(=O)CCCCCCCCC(C)CC. The first-order valence-corrected chi connectivity index (χ1v) is 42.2. The molecular formula is C75H146O17P2. The van der Waals surface area contributed by atoms with Gasteiger partial charge in [0.25, 0.3) is 0 Å². The van der Waals surface area contributed by atoms with Gasteiger partial charge in [-0.1, -0.05) is 343 Å². The van der Waals surface area contributed by atoms with E-state index in [4.69, 9.17) is 37.0 Å². The molecule has 0 radical (unpaired) electrons. The number of unbranched alkanes of at least 4 members (excludes halogenated alkanes) is 46. The van der Waals surface area contributed by atoms with E-state index in [-0.39, 0.29) is 25.7 Å². The van der Waals surface area contributed by atoms with Gasteiger partial charge in [-0.05, 0) is 31.6 Å². The third-order valence-electron chi connectivity index (χ3n) is 17.9. The molecule has 0 amide bonds. The predicted octanol–water partition coefficient (Wildman–Crippen LogP) is 22.1. The van der Waals surface area contributed by atoms with E-state index in [1.54, 1.807) is 0 Å². The first-order valence-electron chi connectivity index (χ1n) is 39.2. The molecule has 0 fully saturated rings. The van der Waals surface area contributed by atoms with Crippen molar-refractivity contribution in [3.63, 3.8) is 0 Å². The molecule has 0 spiro atoms. The van der Waals surface area contributed by atoms with Crippen molar-refractivity contribution in [2.75, 3.05) is 39.6 Å². The minimum atomic E-state index is -4.96. The fraction of sp³-hybridized carbons (Fsp3) is 0.947. The van der Waals surface area contributed by atoms with Gasteiger partial charge in [0.15, 0.2) is 12.2 Å². The normalized spacial score (nSPS) is 14.3. The maximum atomic E-state index is 13.1. The van der Waals surface area contributed by atoms with Crippen molar-refractivity contribution in [1.82, 2.24) is 0 Å². The van der Waals surface area contributed by atoms with Gasteiger partial charge in [-0.2, -0.15) is 0 Å². The van der Waals surface area contributed by atoms with Gasteiger partial charge in [0.1, 0.15) is 19.3 Å². The second-order valence-electron chi connectivity index (χ2n) is 27.3. The highest BCUT2D eigenvalue weighted by atomic mass is 31.2. The molecule has 0 heterocycles. The van der Waals surface area contributed by atoms with E-state index in [1.807, 2.05) is 0 Å². The first kappa shape index (κ1) is 92.1. The Kier molecular flexibility index (Phi) is 66.8. The summed E-state index contributed by atoms with van der Waals surface area (Å²) in [7, 11) is -9.90. The zero-order chi connectivity index (χ0) is 69.1. The summed E-state index contributed by atoms with van der Waals surface area (Å²) >= 11 is 0. The number of carbonyl (C=O) groups excluding carboxylic acids is 4. The molecule has 6 atom stereocenters. The third kappa shape index (κ3) is 67.3. The number of phosphoric acid groups is 2. The number of ether oxygens (including phenoxy) is 4. The number of phosphoric ester groups is 2. The molecule has 0 aromatic carbocycles. The van der Waals surface area contributed by atoms with E-state index in [2.05, 4.69) is 34.6 Å². The van der Waals surface area contributed by atoms with Gasteiger partial charge in [-0.3, -0.25) is 37.3 Å². The maximum absolute atomic E-state index is 13.1. The molecule has 0 aliphatic heterocycles. The van der Waals surface area contributed by atoms with E-state index in [0.717, 1.165) is 109 Å². The summed E-state index contributed by atoms with van der Waals surface area (Å²) in [6, 6.07) is 0. The maximum Gasteiger partial charge on any atom is 0.472 e. The van der Waals surface area contributed by atoms with E-state index in [9.17, 15) is 43.2 Å². The third-order valence-corrected chi connectivity index (χ3v) is 19.8. The fourth-order valence-electron chi connectivity index (χ4n) is 11.5. The summed E-state index contributed by atoms with van der Waals surface area (Å²) in [6.07, 6.45) is 57.2. The monoisotopic (exact) mass is 1380 g/mol. The van der Waals surface area contributed by atoms with Crippen molar-refractivity contribution in [3.8, 4) is 0 Å². The summed E-state index contributed by atoms with van der Waals surface area (Å²) in [6.45, 7) is 7.19. The van der Waals surface area contributed by atoms with E-state index in [1.165, 1.54) is 205 Å². The molecule has 0 rings (SSSR count). The van der Waals surface area contributed by atoms with Crippen molar-refractivity contribution in [3.05, 3.63) is 0 Å². The summed E-state index contributed by atoms with van der Waals surface area (Å²) < 4.78 is 68.3. The second-order valence-corrected chi connectivity index (χ2v) is 30.2. The van der Waals surface area contributed by atoms with Crippen molar-refractivity contribution in [1.29, 1.82) is 0 Å². The Bertz CT molecular complexity index is 1810. The topological polar surface area (TPSA) is 237 Å². The van der Waals surface area contributed by atoms with Gasteiger partial charge in [0, 0.05) is 25.7 Å². The lowest BCUT2D eigenvalue weighted by molar-refractivity contribution is -0.161. The van der Waals surface area contributed by atoms with E-state index < -0.39 is 97.5 Å².